The smallest absolute Gasteiger partial charge is 0.368 e. The van der Waals surface area contributed by atoms with Crippen molar-refractivity contribution in [2.24, 2.45) is 11.7 Å². The van der Waals surface area contributed by atoms with Gasteiger partial charge in [0.05, 0.1) is 12.1 Å². The normalized spacial score (nSPS) is 16.8. The third kappa shape index (κ3) is 6.13. The van der Waals surface area contributed by atoms with E-state index in [0.717, 1.165) is 17.0 Å². The van der Waals surface area contributed by atoms with Crippen LogP contribution in [0.25, 0.3) is 11.1 Å². The molecule has 2 atom stereocenters. The highest BCUT2D eigenvalue weighted by atomic mass is 19.4. The Kier molecular flexibility index (Phi) is 7.75. The first kappa shape index (κ1) is 28.2. The number of carbonyl (C=O) groups excluding carboxylic acids is 2. The standard InChI is InChI=1S/C26H25F6N3O2/c1-15(2)13-20(23(34)37)35(24(14-33)11-12-24)21(25(27,28)29)18-7-3-16(4-8-18)17-5-9-19(10-6-17)22(36)26(30,31)32/h3-10,15,20-21H,11-13H2,1-2H3,(H2,34,37)/t20-,21-/m0/s1. The summed E-state index contributed by atoms with van der Waals surface area (Å²) in [6.45, 7) is 3.48. The van der Waals surface area contributed by atoms with Gasteiger partial charge < -0.3 is 5.73 Å². The van der Waals surface area contributed by atoms with E-state index in [4.69, 9.17) is 5.73 Å². The van der Waals surface area contributed by atoms with Crippen molar-refractivity contribution in [2.45, 2.75) is 63.1 Å². The number of ketones is 1. The van der Waals surface area contributed by atoms with Crippen LogP contribution in [0.15, 0.2) is 48.5 Å². The minimum Gasteiger partial charge on any atom is -0.368 e. The number of primary amides is 1. The van der Waals surface area contributed by atoms with Crippen LogP contribution in [0.5, 0.6) is 0 Å². The van der Waals surface area contributed by atoms with Gasteiger partial charge >= 0.3 is 12.4 Å². The first-order chi connectivity index (χ1) is 17.1. The number of nitrogens with two attached hydrogens (primary N) is 1. The second-order valence-electron chi connectivity index (χ2n) is 9.57. The Labute approximate surface area is 209 Å². The Morgan fingerprint density at radius 3 is 1.81 bits per heavy atom. The summed E-state index contributed by atoms with van der Waals surface area (Å²) >= 11 is 0. The minimum atomic E-state index is -5.03. The average molecular weight is 525 g/mol. The van der Waals surface area contributed by atoms with E-state index in [-0.39, 0.29) is 30.7 Å². The second kappa shape index (κ2) is 10.2. The van der Waals surface area contributed by atoms with E-state index in [1.807, 2.05) is 6.07 Å². The Hall–Kier alpha value is -3.39. The fourth-order valence-electron chi connectivity index (χ4n) is 4.43. The van der Waals surface area contributed by atoms with Crippen molar-refractivity contribution in [1.82, 2.24) is 4.90 Å². The second-order valence-corrected chi connectivity index (χ2v) is 9.57. The number of rotatable bonds is 9. The third-order valence-corrected chi connectivity index (χ3v) is 6.34. The van der Waals surface area contributed by atoms with Crippen molar-refractivity contribution in [3.8, 4) is 17.2 Å². The molecule has 1 saturated carbocycles. The van der Waals surface area contributed by atoms with Gasteiger partial charge in [-0.15, -0.1) is 0 Å². The Morgan fingerprint density at radius 2 is 1.46 bits per heavy atom. The number of halogens is 6. The molecule has 1 aliphatic rings. The molecule has 0 spiro atoms. The molecule has 0 aromatic heterocycles. The highest BCUT2D eigenvalue weighted by molar-refractivity contribution is 6.00. The van der Waals surface area contributed by atoms with Gasteiger partial charge in [-0.2, -0.15) is 31.6 Å². The number of amides is 1. The summed E-state index contributed by atoms with van der Waals surface area (Å²) in [6, 6.07) is 7.99. The zero-order valence-electron chi connectivity index (χ0n) is 20.0. The fraction of sp³-hybridized carbons (Fsp3) is 0.423. The van der Waals surface area contributed by atoms with Crippen molar-refractivity contribution in [3.05, 3.63) is 59.7 Å². The Bertz CT molecular complexity index is 1180. The third-order valence-electron chi connectivity index (χ3n) is 6.34. The van der Waals surface area contributed by atoms with Gasteiger partial charge in [-0.3, -0.25) is 14.5 Å². The molecule has 0 heterocycles. The maximum Gasteiger partial charge on any atom is 0.454 e. The number of benzene rings is 2. The predicted molar refractivity (Wildman–Crippen MR) is 123 cm³/mol. The molecule has 11 heteroatoms. The topological polar surface area (TPSA) is 87.2 Å². The molecule has 0 unspecified atom stereocenters. The van der Waals surface area contributed by atoms with Crippen molar-refractivity contribution in [2.75, 3.05) is 0 Å². The molecule has 0 aliphatic heterocycles. The minimum absolute atomic E-state index is 0.0341. The summed E-state index contributed by atoms with van der Waals surface area (Å²) in [7, 11) is 0. The Balaban J connectivity index is 2.01. The molecule has 0 bridgehead atoms. The molecule has 1 fully saturated rings. The molecule has 1 amide bonds. The molecule has 5 nitrogen and oxygen atoms in total. The van der Waals surface area contributed by atoms with Gasteiger partial charge in [0.1, 0.15) is 11.6 Å². The zero-order chi connectivity index (χ0) is 27.8. The molecular formula is C26H25F6N3O2. The Morgan fingerprint density at radius 1 is 0.973 bits per heavy atom. The number of nitrogens with zero attached hydrogens (tertiary/aromatic N) is 2. The maximum absolute atomic E-state index is 14.5. The van der Waals surface area contributed by atoms with Crippen LogP contribution in [-0.2, 0) is 4.79 Å². The van der Waals surface area contributed by atoms with Crippen LogP contribution in [0.1, 0.15) is 55.1 Å². The monoisotopic (exact) mass is 525 g/mol. The van der Waals surface area contributed by atoms with Crippen LogP contribution in [0.3, 0.4) is 0 Å². The molecule has 0 saturated heterocycles. The number of Topliss-reactive ketones (excluding diaryl/α,β-unsaturated/α-hetero) is 1. The van der Waals surface area contributed by atoms with E-state index in [1.54, 1.807) is 13.8 Å². The van der Waals surface area contributed by atoms with Crippen molar-refractivity contribution < 1.29 is 35.9 Å². The highest BCUT2D eigenvalue weighted by Gasteiger charge is 2.60. The van der Waals surface area contributed by atoms with E-state index in [2.05, 4.69) is 0 Å². The SMILES string of the molecule is CC(C)C[C@@H](C(N)=O)N([C@@H](c1ccc(-c2ccc(C(=O)C(F)(F)F)cc2)cc1)C(F)(F)F)C1(C#N)CC1. The zero-order valence-corrected chi connectivity index (χ0v) is 20.0. The average Bonchev–Trinajstić information content (AvgIpc) is 3.60. The fourth-order valence-corrected chi connectivity index (χ4v) is 4.43. The van der Waals surface area contributed by atoms with Crippen LogP contribution in [0, 0.1) is 17.2 Å². The lowest BCUT2D eigenvalue weighted by molar-refractivity contribution is -0.200. The van der Waals surface area contributed by atoms with Gasteiger partial charge in [-0.1, -0.05) is 62.4 Å². The number of alkyl halides is 6. The summed E-state index contributed by atoms with van der Waals surface area (Å²) in [5.41, 5.74) is 4.07. The largest absolute Gasteiger partial charge is 0.454 e. The first-order valence-electron chi connectivity index (χ1n) is 11.5. The number of hydrogen-bond acceptors (Lipinski definition) is 4. The molecule has 0 radical (unpaired) electrons. The summed E-state index contributed by atoms with van der Waals surface area (Å²) in [5.74, 6) is -3.12. The lowest BCUT2D eigenvalue weighted by Gasteiger charge is -2.41. The lowest BCUT2D eigenvalue weighted by atomic mass is 9.93. The molecular weight excluding hydrogens is 500 g/mol. The maximum atomic E-state index is 14.5. The summed E-state index contributed by atoms with van der Waals surface area (Å²) in [5, 5.41) is 9.75. The van der Waals surface area contributed by atoms with Gasteiger partial charge in [0, 0.05) is 5.56 Å². The highest BCUT2D eigenvalue weighted by Crippen LogP contribution is 2.52. The van der Waals surface area contributed by atoms with Gasteiger partial charge in [0.2, 0.25) is 5.91 Å². The quantitative estimate of drug-likeness (QED) is 0.323. The van der Waals surface area contributed by atoms with Crippen LogP contribution >= 0.6 is 0 Å². The predicted octanol–water partition coefficient (Wildman–Crippen LogP) is 5.96. The summed E-state index contributed by atoms with van der Waals surface area (Å²) in [4.78, 5) is 24.6. The number of hydrogen-bond donors (Lipinski definition) is 1. The van der Waals surface area contributed by atoms with Gasteiger partial charge in [-0.25, -0.2) is 0 Å². The van der Waals surface area contributed by atoms with E-state index < -0.39 is 47.2 Å². The van der Waals surface area contributed by atoms with Gasteiger partial charge in [0.15, 0.2) is 0 Å². The van der Waals surface area contributed by atoms with Gasteiger partial charge in [-0.05, 0) is 41.9 Å². The van der Waals surface area contributed by atoms with Gasteiger partial charge in [0.25, 0.3) is 5.78 Å². The van der Waals surface area contributed by atoms with E-state index in [9.17, 15) is 41.2 Å². The molecule has 3 rings (SSSR count). The molecule has 2 aromatic carbocycles. The van der Waals surface area contributed by atoms with Crippen molar-refractivity contribution >= 4 is 11.7 Å². The van der Waals surface area contributed by atoms with Crippen LogP contribution in [0.4, 0.5) is 26.3 Å². The van der Waals surface area contributed by atoms with Crippen molar-refractivity contribution in [1.29, 1.82) is 5.26 Å². The van der Waals surface area contributed by atoms with Crippen LogP contribution < -0.4 is 5.73 Å². The van der Waals surface area contributed by atoms with E-state index in [1.165, 1.54) is 36.4 Å². The van der Waals surface area contributed by atoms with E-state index in [0.29, 0.717) is 11.1 Å². The molecule has 198 valence electrons. The van der Waals surface area contributed by atoms with Crippen molar-refractivity contribution in [3.63, 3.8) is 0 Å². The van der Waals surface area contributed by atoms with Crippen LogP contribution in [0.2, 0.25) is 0 Å². The van der Waals surface area contributed by atoms with Crippen LogP contribution in [-0.4, -0.2) is 40.5 Å². The number of nitriles is 1. The summed E-state index contributed by atoms with van der Waals surface area (Å²) < 4.78 is 81.5. The summed E-state index contributed by atoms with van der Waals surface area (Å²) in [6.07, 6.45) is -9.51. The first-order valence-corrected chi connectivity index (χ1v) is 11.5. The molecule has 2 aromatic rings. The molecule has 37 heavy (non-hydrogen) atoms. The molecule has 1 aliphatic carbocycles. The molecule has 2 N–H and O–H groups in total. The van der Waals surface area contributed by atoms with E-state index >= 15 is 0 Å². The number of carbonyl (C=O) groups is 2. The lowest BCUT2D eigenvalue weighted by Crippen LogP contribution is -2.56.